The Morgan fingerprint density at radius 3 is 2.51 bits per heavy atom. The first-order valence-corrected chi connectivity index (χ1v) is 15.3. The molecule has 9 heteroatoms. The second-order valence-electron chi connectivity index (χ2n) is 9.57. The van der Waals surface area contributed by atoms with E-state index in [1.54, 1.807) is 17.6 Å². The van der Waals surface area contributed by atoms with Crippen molar-refractivity contribution >= 4 is 40.4 Å². The van der Waals surface area contributed by atoms with E-state index in [0.717, 1.165) is 21.6 Å². The summed E-state index contributed by atoms with van der Waals surface area (Å²) in [5.74, 6) is 0.154. The summed E-state index contributed by atoms with van der Waals surface area (Å²) in [5, 5.41) is 11.2. The van der Waals surface area contributed by atoms with Gasteiger partial charge in [0.1, 0.15) is 18.4 Å². The molecule has 0 bridgehead atoms. The van der Waals surface area contributed by atoms with Crippen LogP contribution < -0.4 is 19.6 Å². The smallest absolute Gasteiger partial charge is 0.338 e. The highest BCUT2D eigenvalue weighted by Gasteiger charge is 2.35. The van der Waals surface area contributed by atoms with Gasteiger partial charge in [-0.2, -0.15) is 5.26 Å². The number of hydrogen-bond acceptors (Lipinski definition) is 8. The summed E-state index contributed by atoms with van der Waals surface area (Å²) in [4.78, 5) is 33.6. The third kappa shape index (κ3) is 5.71. The zero-order valence-corrected chi connectivity index (χ0v) is 24.7. The number of carbonyl (C=O) groups is 1. The number of rotatable bonds is 8. The molecule has 0 spiro atoms. The monoisotopic (exact) mass is 603 g/mol. The molecule has 3 heterocycles. The molecule has 43 heavy (non-hydrogen) atoms. The molecule has 5 aromatic rings. The van der Waals surface area contributed by atoms with Crippen molar-refractivity contribution in [2.45, 2.75) is 19.6 Å². The number of hydrogen-bond donors (Lipinski definition) is 0. The Bertz CT molecular complexity index is 2040. The Labute approximate surface area is 255 Å². The topological polar surface area (TPSA) is 93.7 Å². The molecule has 0 radical (unpaired) electrons. The van der Waals surface area contributed by atoms with Crippen LogP contribution in [0.1, 0.15) is 40.1 Å². The van der Waals surface area contributed by atoms with Gasteiger partial charge >= 0.3 is 5.97 Å². The number of benzene rings is 3. The van der Waals surface area contributed by atoms with E-state index in [2.05, 4.69) is 6.07 Å². The van der Waals surface area contributed by atoms with E-state index in [1.165, 1.54) is 22.7 Å². The van der Waals surface area contributed by atoms with Gasteiger partial charge in [0.25, 0.3) is 5.56 Å². The van der Waals surface area contributed by atoms with Gasteiger partial charge in [-0.1, -0.05) is 78.1 Å². The van der Waals surface area contributed by atoms with Crippen LogP contribution in [-0.2, 0) is 16.1 Å². The molecule has 1 atom stereocenters. The van der Waals surface area contributed by atoms with Crippen LogP contribution >= 0.6 is 22.7 Å². The lowest BCUT2D eigenvalue weighted by molar-refractivity contribution is -0.138. The SMILES string of the molecule is CCOC(=O)C1=C(c2ccccc2)N=c2s/c(=C/c3ccc(OCc4ccccc4C#N)cc3)c(=O)n2[C@@H]1c1cccs1. The van der Waals surface area contributed by atoms with Crippen LogP contribution in [-0.4, -0.2) is 17.1 Å². The number of ether oxygens (including phenoxy) is 2. The lowest BCUT2D eigenvalue weighted by Crippen LogP contribution is -2.39. The maximum atomic E-state index is 13.9. The van der Waals surface area contributed by atoms with Crippen LogP contribution in [0.2, 0.25) is 0 Å². The van der Waals surface area contributed by atoms with Crippen LogP contribution in [0.3, 0.4) is 0 Å². The fraction of sp³-hybridized carbons (Fsp3) is 0.118. The Hall–Kier alpha value is -5.04. The maximum absolute atomic E-state index is 13.9. The number of nitrogens with zero attached hydrogens (tertiary/aromatic N) is 3. The van der Waals surface area contributed by atoms with E-state index >= 15 is 0 Å². The standard InChI is InChI=1S/C34H25N3O4S2/c1-2-40-33(39)29-30(23-9-4-3-5-10-23)36-34-37(31(29)27-13-8-18-42-27)32(38)28(43-34)19-22-14-16-26(17-15-22)41-21-25-12-7-6-11-24(25)20-35/h3-19,31H,2,21H2,1H3/b28-19+/t31-/m1/s1. The van der Waals surface area contributed by atoms with E-state index in [4.69, 9.17) is 14.5 Å². The first kappa shape index (κ1) is 28.1. The molecule has 2 aromatic heterocycles. The van der Waals surface area contributed by atoms with Gasteiger partial charge < -0.3 is 9.47 Å². The van der Waals surface area contributed by atoms with Crippen molar-refractivity contribution in [2.75, 3.05) is 6.61 Å². The first-order chi connectivity index (χ1) is 21.1. The fourth-order valence-electron chi connectivity index (χ4n) is 4.88. The molecule has 7 nitrogen and oxygen atoms in total. The lowest BCUT2D eigenvalue weighted by atomic mass is 9.97. The van der Waals surface area contributed by atoms with Crippen LogP contribution in [0, 0.1) is 11.3 Å². The number of esters is 1. The summed E-state index contributed by atoms with van der Waals surface area (Å²) < 4.78 is 13.5. The number of carbonyl (C=O) groups excluding carboxylic acids is 1. The van der Waals surface area contributed by atoms with E-state index in [-0.39, 0.29) is 18.8 Å². The number of nitriles is 1. The third-order valence-corrected chi connectivity index (χ3v) is 8.80. The summed E-state index contributed by atoms with van der Waals surface area (Å²) in [7, 11) is 0. The molecule has 6 rings (SSSR count). The molecule has 0 fully saturated rings. The Morgan fingerprint density at radius 1 is 1.02 bits per heavy atom. The summed E-state index contributed by atoms with van der Waals surface area (Å²) in [6, 6.07) is 29.6. The summed E-state index contributed by atoms with van der Waals surface area (Å²) >= 11 is 2.76. The van der Waals surface area contributed by atoms with Crippen LogP contribution in [0.15, 0.2) is 112 Å². The van der Waals surface area contributed by atoms with E-state index in [9.17, 15) is 14.9 Å². The van der Waals surface area contributed by atoms with Gasteiger partial charge in [-0.05, 0) is 48.2 Å². The van der Waals surface area contributed by atoms with Gasteiger partial charge in [0.15, 0.2) is 4.80 Å². The van der Waals surface area contributed by atoms with E-state index in [0.29, 0.717) is 31.9 Å². The van der Waals surface area contributed by atoms with Gasteiger partial charge in [-0.25, -0.2) is 9.79 Å². The van der Waals surface area contributed by atoms with Gasteiger partial charge in [0, 0.05) is 16.0 Å². The largest absolute Gasteiger partial charge is 0.489 e. The summed E-state index contributed by atoms with van der Waals surface area (Å²) in [5.41, 5.74) is 3.60. The van der Waals surface area contributed by atoms with Gasteiger partial charge in [-0.3, -0.25) is 9.36 Å². The van der Waals surface area contributed by atoms with Crippen molar-refractivity contribution in [2.24, 2.45) is 4.99 Å². The second kappa shape index (κ2) is 12.4. The third-order valence-electron chi connectivity index (χ3n) is 6.90. The minimum absolute atomic E-state index is 0.205. The van der Waals surface area contributed by atoms with E-state index < -0.39 is 12.0 Å². The molecule has 1 aliphatic heterocycles. The molecule has 0 saturated heterocycles. The van der Waals surface area contributed by atoms with Crippen LogP contribution in [0.5, 0.6) is 5.75 Å². The molecule has 3 aromatic carbocycles. The van der Waals surface area contributed by atoms with Crippen molar-refractivity contribution in [1.82, 2.24) is 4.57 Å². The van der Waals surface area contributed by atoms with Gasteiger partial charge in [-0.15, -0.1) is 11.3 Å². The molecule has 1 aliphatic rings. The van der Waals surface area contributed by atoms with Crippen LogP contribution in [0.25, 0.3) is 11.8 Å². The minimum Gasteiger partial charge on any atom is -0.489 e. The number of aromatic nitrogens is 1. The number of thiophene rings is 1. The molecule has 0 aliphatic carbocycles. The Balaban J connectivity index is 1.40. The Morgan fingerprint density at radius 2 is 1.79 bits per heavy atom. The second-order valence-corrected chi connectivity index (χ2v) is 11.6. The van der Waals surface area contributed by atoms with Crippen LogP contribution in [0.4, 0.5) is 0 Å². The molecular formula is C34H25N3O4S2. The summed E-state index contributed by atoms with van der Waals surface area (Å²) in [6.45, 7) is 2.24. The van der Waals surface area contributed by atoms with Gasteiger partial charge in [0.05, 0.1) is 34.0 Å². The highest BCUT2D eigenvalue weighted by molar-refractivity contribution is 7.10. The fourth-order valence-corrected chi connectivity index (χ4v) is 6.71. The highest BCUT2D eigenvalue weighted by atomic mass is 32.1. The average Bonchev–Trinajstić information content (AvgIpc) is 3.69. The quantitative estimate of drug-likeness (QED) is 0.220. The maximum Gasteiger partial charge on any atom is 0.338 e. The summed E-state index contributed by atoms with van der Waals surface area (Å²) in [6.07, 6.45) is 1.82. The van der Waals surface area contributed by atoms with Crippen molar-refractivity contribution in [1.29, 1.82) is 5.26 Å². The lowest BCUT2D eigenvalue weighted by Gasteiger charge is -2.24. The van der Waals surface area contributed by atoms with Gasteiger partial charge in [0.2, 0.25) is 0 Å². The predicted octanol–water partition coefficient (Wildman–Crippen LogP) is 5.45. The number of thiazole rings is 1. The molecule has 0 unspecified atom stereocenters. The van der Waals surface area contributed by atoms with Crippen molar-refractivity contribution < 1.29 is 14.3 Å². The van der Waals surface area contributed by atoms with Crippen molar-refractivity contribution in [3.63, 3.8) is 0 Å². The highest BCUT2D eigenvalue weighted by Crippen LogP contribution is 2.36. The molecule has 0 saturated carbocycles. The molecule has 0 amide bonds. The van der Waals surface area contributed by atoms with Crippen molar-refractivity contribution in [3.05, 3.63) is 149 Å². The zero-order valence-electron chi connectivity index (χ0n) is 23.1. The van der Waals surface area contributed by atoms with Crippen molar-refractivity contribution in [3.8, 4) is 11.8 Å². The zero-order chi connectivity index (χ0) is 29.8. The predicted molar refractivity (Wildman–Crippen MR) is 167 cm³/mol. The molecule has 0 N–H and O–H groups in total. The normalized spacial score (nSPS) is 14.5. The number of fused-ring (bicyclic) bond motifs is 1. The Kier molecular flexibility index (Phi) is 8.13. The first-order valence-electron chi connectivity index (χ1n) is 13.6. The van der Waals surface area contributed by atoms with E-state index in [1.807, 2.05) is 96.4 Å². The molecular weight excluding hydrogens is 579 g/mol. The average molecular weight is 604 g/mol. The minimum atomic E-state index is -0.667. The molecule has 212 valence electrons.